The van der Waals surface area contributed by atoms with Crippen molar-refractivity contribution in [1.82, 2.24) is 45.5 Å². The van der Waals surface area contributed by atoms with E-state index in [-0.39, 0.29) is 112 Å². The van der Waals surface area contributed by atoms with E-state index in [1.165, 1.54) is 41.5 Å². The summed E-state index contributed by atoms with van der Waals surface area (Å²) in [7, 11) is 0. The number of nitrogens with zero attached hydrogens (tertiary/aromatic N) is 10. The van der Waals surface area contributed by atoms with Gasteiger partial charge in [0, 0.05) is 0 Å². The van der Waals surface area contributed by atoms with E-state index in [4.69, 9.17) is 48.4 Å². The maximum Gasteiger partial charge on any atom is 0.426 e. The molecule has 6 aromatic heterocycles. The number of ether oxygens (including phenoxy) is 5. The minimum Gasteiger partial charge on any atom is -0.474 e. The average Bonchev–Trinajstić information content (AvgIpc) is 1.37. The van der Waals surface area contributed by atoms with E-state index in [1.54, 1.807) is 41.5 Å². The highest BCUT2D eigenvalue weighted by molar-refractivity contribution is 6.11. The number of hydrogen-bond donors (Lipinski definition) is 5. The standard InChI is InChI=1S/C29H38F6N4O7.2C19H22F6N4O3.2ClH/c1-15(2)18-12-10-9-11-13-27(42,29(33,34)35)22-38-37-21(44-22)19-17(14-16(28(30,31)32)20(36-19)43-18)39(23(40)45-25(3,4)5)24(41)46-26(6,7)8;2*1-9(2)12-6-4-3-5-7-17(30,19(23,24)25)16-29-28-15(32-16)13-11(26)8-10(18(20,21)22)14(27-13)31-12;;/h14-15,18,42H,9-13H2,1-8H3;2*8-9,12,30H,3-7,26H2,1-2H3;2*1H/t18?,27-;2*12?,17-;;/m111../s1. The van der Waals surface area contributed by atoms with Crippen molar-refractivity contribution < 1.29 is 141 Å². The average molecular weight is 1680 g/mol. The molecule has 3 aliphatic heterocycles. The molecular weight excluding hydrogens is 1590 g/mol. The maximum absolute atomic E-state index is 14.6. The van der Waals surface area contributed by atoms with E-state index in [9.17, 15) is 104 Å². The smallest absolute Gasteiger partial charge is 0.426 e. The number of anilines is 3. The molecule has 2 amide bonds. The maximum atomic E-state index is 14.6. The van der Waals surface area contributed by atoms with Crippen molar-refractivity contribution >= 4 is 54.1 Å². The van der Waals surface area contributed by atoms with Gasteiger partial charge in [-0.1, -0.05) is 60.8 Å². The Morgan fingerprint density at radius 3 is 0.938 bits per heavy atom. The summed E-state index contributed by atoms with van der Waals surface area (Å²) in [6.45, 7) is 18.9. The number of aromatic nitrogens is 9. The highest BCUT2D eigenvalue weighted by atomic mass is 35.5. The van der Waals surface area contributed by atoms with E-state index >= 15 is 0 Å². The predicted molar refractivity (Wildman–Crippen MR) is 363 cm³/mol. The SMILES string of the molecule is CC(C)C1CCCCC[C@](O)(C(F)(F)F)c2nnc(o2)-c2nc(c(C(F)(F)F)cc2N(C(=O)OC(C)(C)C)C(=O)OC(C)(C)C)O1.CC(C)C1CCCCC[C@](O)(C(F)(F)F)c2nnc(o2)-c2nc(c(C(F)(F)F)cc2N)O1.CC(C)C1CCCCC[C@](O)(C(F)(F)F)c2nnc(o2)-c2nc(c(C(F)(F)F)cc2N)O1.Cl.Cl. The Hall–Kier alpha value is -8.19. The number of nitrogens with two attached hydrogens (primary N) is 2. The Kier molecular flexibility index (Phi) is 29.7. The molecule has 0 fully saturated rings. The van der Waals surface area contributed by atoms with Crippen molar-refractivity contribution in [3.05, 3.63) is 52.6 Å². The molecular formula is C67H84Cl2F18N12O13. The van der Waals surface area contributed by atoms with E-state index in [2.05, 4.69) is 45.5 Å². The molecule has 0 spiro atoms. The monoisotopic (exact) mass is 1680 g/mol. The van der Waals surface area contributed by atoms with Gasteiger partial charge >= 0.3 is 49.2 Å². The van der Waals surface area contributed by atoms with Crippen molar-refractivity contribution in [2.45, 2.75) is 263 Å². The second-order valence-electron chi connectivity index (χ2n) is 29.4. The molecule has 3 aliphatic rings. The molecule has 12 bridgehead atoms. The van der Waals surface area contributed by atoms with Gasteiger partial charge in [0.25, 0.3) is 35.3 Å². The molecule has 9 rings (SSSR count). The zero-order valence-corrected chi connectivity index (χ0v) is 63.6. The first-order valence-electron chi connectivity index (χ1n) is 34.4. The fourth-order valence-electron chi connectivity index (χ4n) is 11.2. The van der Waals surface area contributed by atoms with Crippen LogP contribution in [0.3, 0.4) is 0 Å². The number of amides is 2. The third kappa shape index (κ3) is 22.4. The molecule has 0 aromatic carbocycles. The molecule has 630 valence electrons. The molecule has 25 nitrogen and oxygen atoms in total. The number of carbonyl (C=O) groups excluding carboxylic acids is 2. The van der Waals surface area contributed by atoms with Gasteiger partial charge in [0.1, 0.15) is 46.2 Å². The number of hydrogen-bond acceptors (Lipinski definition) is 24. The number of halogens is 20. The van der Waals surface area contributed by atoms with Crippen molar-refractivity contribution in [1.29, 1.82) is 0 Å². The third-order valence-electron chi connectivity index (χ3n) is 17.3. The summed E-state index contributed by atoms with van der Waals surface area (Å²) in [6.07, 6.45) is -35.9. The van der Waals surface area contributed by atoms with Crippen LogP contribution in [-0.4, -0.2) is 121 Å². The number of pyridine rings is 3. The summed E-state index contributed by atoms with van der Waals surface area (Å²) in [5.41, 5.74) is -9.50. The lowest BCUT2D eigenvalue weighted by Gasteiger charge is -2.30. The van der Waals surface area contributed by atoms with Gasteiger partial charge in [0.05, 0.1) is 17.1 Å². The largest absolute Gasteiger partial charge is 0.474 e. The predicted octanol–water partition coefficient (Wildman–Crippen LogP) is 18.5. The van der Waals surface area contributed by atoms with Crippen molar-refractivity contribution in [3.8, 4) is 52.4 Å². The van der Waals surface area contributed by atoms with Crippen LogP contribution >= 0.6 is 24.8 Å². The Bertz CT molecular complexity index is 3980. The first kappa shape index (κ1) is 94.4. The van der Waals surface area contributed by atoms with Crippen LogP contribution in [0.5, 0.6) is 17.6 Å². The van der Waals surface area contributed by atoms with E-state index < -0.39 is 219 Å². The highest BCUT2D eigenvalue weighted by Crippen LogP contribution is 2.50. The lowest BCUT2D eigenvalue weighted by Crippen LogP contribution is -2.44. The number of carbonyl (C=O) groups is 2. The van der Waals surface area contributed by atoms with Crippen LogP contribution in [0.2, 0.25) is 0 Å². The second-order valence-corrected chi connectivity index (χ2v) is 29.4. The Morgan fingerprint density at radius 1 is 0.429 bits per heavy atom. The molecule has 45 heteroatoms. The first-order chi connectivity index (χ1) is 50.3. The summed E-state index contributed by atoms with van der Waals surface area (Å²) in [6, 6.07) is 1.45. The van der Waals surface area contributed by atoms with Crippen molar-refractivity contribution in [3.63, 3.8) is 0 Å². The number of fused-ring (bicyclic) bond motifs is 15. The highest BCUT2D eigenvalue weighted by Gasteiger charge is 2.61. The molecule has 6 atom stereocenters. The van der Waals surface area contributed by atoms with Crippen molar-refractivity contribution in [2.75, 3.05) is 16.4 Å². The van der Waals surface area contributed by atoms with Gasteiger partial charge in [-0.3, -0.25) is 0 Å². The fourth-order valence-corrected chi connectivity index (χ4v) is 11.2. The van der Waals surface area contributed by atoms with E-state index in [0.29, 0.717) is 31.0 Å². The molecule has 7 N–H and O–H groups in total. The molecule has 0 aliphatic carbocycles. The van der Waals surface area contributed by atoms with Crippen LogP contribution in [0.15, 0.2) is 31.5 Å². The van der Waals surface area contributed by atoms with Gasteiger partial charge < -0.3 is 63.7 Å². The zero-order valence-electron chi connectivity index (χ0n) is 62.0. The van der Waals surface area contributed by atoms with Gasteiger partial charge in [-0.2, -0.15) is 83.9 Å². The molecule has 6 aromatic rings. The number of nitrogen functional groups attached to an aromatic ring is 2. The molecule has 0 saturated carbocycles. The quantitative estimate of drug-likeness (QED) is 0.102. The summed E-state index contributed by atoms with van der Waals surface area (Å²) in [5, 5.41) is 51.9. The lowest BCUT2D eigenvalue weighted by molar-refractivity contribution is -0.277. The topological polar surface area (TPSA) is 352 Å². The summed E-state index contributed by atoms with van der Waals surface area (Å²) >= 11 is 0. The third-order valence-corrected chi connectivity index (χ3v) is 17.3. The van der Waals surface area contributed by atoms with Crippen LogP contribution in [0.1, 0.15) is 214 Å². The summed E-state index contributed by atoms with van der Waals surface area (Å²) < 4.78 is 293. The van der Waals surface area contributed by atoms with Gasteiger partial charge in [-0.25, -0.2) is 24.5 Å². The molecule has 0 saturated heterocycles. The Morgan fingerprint density at radius 2 is 0.688 bits per heavy atom. The Labute approximate surface area is 640 Å². The van der Waals surface area contributed by atoms with Crippen molar-refractivity contribution in [2.24, 2.45) is 17.8 Å². The zero-order chi connectivity index (χ0) is 82.8. The van der Waals surface area contributed by atoms with Gasteiger partial charge in [-0.05, 0) is 155 Å². The van der Waals surface area contributed by atoms with Crippen LogP contribution in [0, 0.1) is 17.8 Å². The summed E-state index contributed by atoms with van der Waals surface area (Å²) in [5.74, 6) is -9.28. The number of aliphatic hydroxyl groups is 3. The molecule has 0 radical (unpaired) electrons. The van der Waals surface area contributed by atoms with Gasteiger partial charge in [-0.15, -0.1) is 55.4 Å². The molecule has 9 heterocycles. The molecule has 112 heavy (non-hydrogen) atoms. The Balaban J connectivity index is 0.000000305. The summed E-state index contributed by atoms with van der Waals surface area (Å²) in [4.78, 5) is 38.5. The fraction of sp³-hybridized carbons (Fsp3) is 0.657. The number of alkyl halides is 18. The second kappa shape index (κ2) is 35.3. The minimum absolute atomic E-state index is 0. The first-order valence-corrected chi connectivity index (χ1v) is 34.4. The van der Waals surface area contributed by atoms with E-state index in [1.807, 2.05) is 0 Å². The van der Waals surface area contributed by atoms with Crippen LogP contribution in [-0.2, 0) is 44.8 Å². The lowest BCUT2D eigenvalue weighted by atomic mass is 9.93. The molecule has 3 unspecified atom stereocenters. The normalized spacial score (nSPS) is 21.4. The van der Waals surface area contributed by atoms with Gasteiger partial charge in [0.2, 0.25) is 34.4 Å². The number of rotatable bonds is 4. The van der Waals surface area contributed by atoms with Crippen LogP contribution in [0.4, 0.5) is 106 Å². The number of imide groups is 1. The van der Waals surface area contributed by atoms with Crippen LogP contribution < -0.4 is 30.6 Å². The van der Waals surface area contributed by atoms with E-state index in [0.717, 1.165) is 0 Å². The van der Waals surface area contributed by atoms with Crippen LogP contribution in [0.25, 0.3) is 34.8 Å². The van der Waals surface area contributed by atoms with Gasteiger partial charge in [0.15, 0.2) is 17.1 Å². The minimum atomic E-state index is -5.29.